The van der Waals surface area contributed by atoms with E-state index in [1.165, 1.54) is 36.1 Å². The summed E-state index contributed by atoms with van der Waals surface area (Å²) in [5.41, 5.74) is 0.543. The third kappa shape index (κ3) is 8.66. The Hall–Kier alpha value is -4.04. The number of aromatic nitrogens is 1. The summed E-state index contributed by atoms with van der Waals surface area (Å²) < 4.78 is 91.3. The predicted octanol–water partition coefficient (Wildman–Crippen LogP) is 5.74. The van der Waals surface area contributed by atoms with Crippen molar-refractivity contribution in [1.82, 2.24) is 20.1 Å². The van der Waals surface area contributed by atoms with Crippen molar-refractivity contribution in [2.24, 2.45) is 5.92 Å². The predicted molar refractivity (Wildman–Crippen MR) is 155 cm³/mol. The number of carbonyl (C=O) groups is 3. The van der Waals surface area contributed by atoms with Crippen molar-refractivity contribution < 1.29 is 50.2 Å². The van der Waals surface area contributed by atoms with Gasteiger partial charge in [-0.2, -0.15) is 17.6 Å². The number of pyridine rings is 1. The number of benzene rings is 1. The molecule has 3 fully saturated rings. The third-order valence-corrected chi connectivity index (χ3v) is 8.83. The molecule has 2 heterocycles. The number of amides is 3. The second-order valence-electron chi connectivity index (χ2n) is 12.3. The number of ether oxygens (including phenoxy) is 2. The molecule has 0 spiro atoms. The van der Waals surface area contributed by atoms with Gasteiger partial charge in [-0.1, -0.05) is 12.1 Å². The highest BCUT2D eigenvalue weighted by Gasteiger charge is 2.42. The highest BCUT2D eigenvalue weighted by molar-refractivity contribution is 5.92. The minimum Gasteiger partial charge on any atom is -0.489 e. The van der Waals surface area contributed by atoms with E-state index in [0.717, 1.165) is 12.8 Å². The molecule has 5 rings (SSSR count). The van der Waals surface area contributed by atoms with Crippen LogP contribution in [0.2, 0.25) is 0 Å². The second-order valence-corrected chi connectivity index (χ2v) is 12.3. The van der Waals surface area contributed by atoms with Crippen molar-refractivity contribution in [1.29, 1.82) is 0 Å². The van der Waals surface area contributed by atoms with E-state index in [4.69, 9.17) is 4.74 Å². The molecular formula is C32H36F6N4O5. The van der Waals surface area contributed by atoms with Crippen LogP contribution in [-0.2, 0) is 16.1 Å². The molecule has 2 aliphatic carbocycles. The first-order chi connectivity index (χ1) is 22.3. The van der Waals surface area contributed by atoms with Gasteiger partial charge < -0.3 is 19.7 Å². The zero-order valence-corrected chi connectivity index (χ0v) is 25.6. The lowest BCUT2D eigenvalue weighted by Crippen LogP contribution is -2.47. The molecule has 1 unspecified atom stereocenters. The van der Waals surface area contributed by atoms with E-state index >= 15 is 0 Å². The monoisotopic (exact) mass is 670 g/mol. The number of carbonyl (C=O) groups excluding carboxylic acids is 3. The van der Waals surface area contributed by atoms with Gasteiger partial charge in [0.05, 0.1) is 18.8 Å². The largest absolute Gasteiger partial charge is 0.489 e. The van der Waals surface area contributed by atoms with Crippen molar-refractivity contribution in [3.05, 3.63) is 53.3 Å². The van der Waals surface area contributed by atoms with Gasteiger partial charge in [0.15, 0.2) is 11.5 Å². The van der Waals surface area contributed by atoms with Crippen molar-refractivity contribution >= 4 is 17.7 Å². The van der Waals surface area contributed by atoms with Crippen molar-refractivity contribution in [3.8, 4) is 11.5 Å². The van der Waals surface area contributed by atoms with Crippen molar-refractivity contribution in [2.75, 3.05) is 13.2 Å². The van der Waals surface area contributed by atoms with Crippen LogP contribution in [0.1, 0.15) is 79.5 Å². The molecule has 1 aliphatic heterocycles. The number of likely N-dealkylation sites (tertiary alicyclic amines) is 1. The summed E-state index contributed by atoms with van der Waals surface area (Å²) in [6.45, 7) is -4.57. The molecule has 0 radical (unpaired) electrons. The summed E-state index contributed by atoms with van der Waals surface area (Å²) in [6, 6.07) is 6.77. The fraction of sp³-hybridized carbons (Fsp3) is 0.562. The van der Waals surface area contributed by atoms with E-state index in [9.17, 15) is 40.7 Å². The second kappa shape index (κ2) is 14.4. The zero-order valence-electron chi connectivity index (χ0n) is 25.6. The van der Waals surface area contributed by atoms with Gasteiger partial charge in [-0.05, 0) is 67.9 Å². The Bertz CT molecular complexity index is 1450. The Morgan fingerprint density at radius 2 is 1.77 bits per heavy atom. The van der Waals surface area contributed by atoms with Gasteiger partial charge in [0.1, 0.15) is 11.7 Å². The van der Waals surface area contributed by atoms with E-state index in [2.05, 4.69) is 15.0 Å². The van der Waals surface area contributed by atoms with Crippen LogP contribution in [0.25, 0.3) is 0 Å². The van der Waals surface area contributed by atoms with Crippen LogP contribution in [0.4, 0.5) is 26.3 Å². The van der Waals surface area contributed by atoms with Gasteiger partial charge in [-0.3, -0.25) is 19.3 Å². The van der Waals surface area contributed by atoms with Crippen LogP contribution < -0.4 is 14.8 Å². The van der Waals surface area contributed by atoms with E-state index < -0.39 is 55.8 Å². The number of nitrogens with zero attached hydrogens (tertiary/aromatic N) is 3. The standard InChI is InChI=1S/C32H36F6N4O5/c1-18(43)41-16-21(20-7-8-26(47-31(35)36)27(14-20)46-17-19-5-6-19)13-25(41)28(44)39-15-22-3-2-4-24(40-22)29(45)42(30(33)34)23-9-11-32(37,38)12-10-23/h2-4,7-8,14,19,21,23,25,30-31H,5-6,9-13,15-17H2,1H3,(H,39,44)/t21?,25-/m1/s1. The van der Waals surface area contributed by atoms with E-state index in [0.29, 0.717) is 18.1 Å². The topological polar surface area (TPSA) is 101 Å². The molecule has 256 valence electrons. The molecule has 3 amide bonds. The van der Waals surface area contributed by atoms with Crippen LogP contribution >= 0.6 is 0 Å². The lowest BCUT2D eigenvalue weighted by atomic mass is 9.91. The number of alkyl halides is 6. The van der Waals surface area contributed by atoms with Gasteiger partial charge in [0, 0.05) is 38.3 Å². The molecule has 1 N–H and O–H groups in total. The van der Waals surface area contributed by atoms with Gasteiger partial charge >= 0.3 is 13.2 Å². The minimum absolute atomic E-state index is 0.106. The molecule has 2 atom stereocenters. The van der Waals surface area contributed by atoms with Crippen LogP contribution in [0.15, 0.2) is 36.4 Å². The number of hydrogen-bond acceptors (Lipinski definition) is 6. The van der Waals surface area contributed by atoms with E-state index in [1.807, 2.05) is 0 Å². The van der Waals surface area contributed by atoms with Crippen LogP contribution in [0.5, 0.6) is 11.5 Å². The summed E-state index contributed by atoms with van der Waals surface area (Å²) in [5.74, 6) is -4.84. The Kier molecular flexibility index (Phi) is 10.5. The lowest BCUT2D eigenvalue weighted by Gasteiger charge is -2.36. The molecule has 47 heavy (non-hydrogen) atoms. The summed E-state index contributed by atoms with van der Waals surface area (Å²) in [4.78, 5) is 44.7. The quantitative estimate of drug-likeness (QED) is 0.229. The SMILES string of the molecule is CC(=O)N1CC(c2ccc(OC(F)F)c(OCC3CC3)c2)C[C@@H]1C(=O)NCc1cccc(C(=O)N(C(F)F)C2CCC(F)(F)CC2)n1. The first-order valence-electron chi connectivity index (χ1n) is 15.5. The summed E-state index contributed by atoms with van der Waals surface area (Å²) >= 11 is 0. The van der Waals surface area contributed by atoms with Gasteiger partial charge in [-0.25, -0.2) is 13.8 Å². The Balaban J connectivity index is 1.24. The number of rotatable bonds is 12. The summed E-state index contributed by atoms with van der Waals surface area (Å²) in [7, 11) is 0. The van der Waals surface area contributed by atoms with Gasteiger partial charge in [0.2, 0.25) is 17.7 Å². The average Bonchev–Trinajstić information content (AvgIpc) is 3.74. The molecule has 0 bridgehead atoms. The van der Waals surface area contributed by atoms with Gasteiger partial charge in [0.25, 0.3) is 5.91 Å². The molecule has 15 heteroatoms. The smallest absolute Gasteiger partial charge is 0.387 e. The maximum atomic E-state index is 13.9. The van der Waals surface area contributed by atoms with Crippen molar-refractivity contribution in [3.63, 3.8) is 0 Å². The molecule has 2 aromatic rings. The first kappa shape index (κ1) is 34.3. The summed E-state index contributed by atoms with van der Waals surface area (Å²) in [5, 5.41) is 2.69. The van der Waals surface area contributed by atoms with Crippen LogP contribution in [0, 0.1) is 5.92 Å². The Morgan fingerprint density at radius 3 is 2.40 bits per heavy atom. The summed E-state index contributed by atoms with van der Waals surface area (Å²) in [6.07, 6.45) is 0.477. The highest BCUT2D eigenvalue weighted by atomic mass is 19.3. The fourth-order valence-corrected chi connectivity index (χ4v) is 6.09. The molecule has 9 nitrogen and oxygen atoms in total. The van der Waals surface area contributed by atoms with Crippen LogP contribution in [-0.4, -0.2) is 76.8 Å². The number of nitrogens with one attached hydrogen (secondary N) is 1. The van der Waals surface area contributed by atoms with Crippen LogP contribution in [0.3, 0.4) is 0 Å². The normalized spacial score (nSPS) is 21.2. The molecule has 1 saturated heterocycles. The Morgan fingerprint density at radius 1 is 1.04 bits per heavy atom. The van der Waals surface area contributed by atoms with E-state index in [1.54, 1.807) is 12.1 Å². The van der Waals surface area contributed by atoms with E-state index in [-0.39, 0.29) is 72.0 Å². The third-order valence-electron chi connectivity index (χ3n) is 8.83. The fourth-order valence-electron chi connectivity index (χ4n) is 6.09. The Labute approximate surface area is 267 Å². The van der Waals surface area contributed by atoms with Gasteiger partial charge in [-0.15, -0.1) is 0 Å². The maximum Gasteiger partial charge on any atom is 0.387 e. The number of halogens is 6. The zero-order chi connectivity index (χ0) is 33.9. The first-order valence-corrected chi connectivity index (χ1v) is 15.5. The molecular weight excluding hydrogens is 634 g/mol. The number of hydrogen-bond donors (Lipinski definition) is 1. The molecule has 2 saturated carbocycles. The average molecular weight is 671 g/mol. The minimum atomic E-state index is -3.22. The molecule has 3 aliphatic rings. The van der Waals surface area contributed by atoms with Crippen molar-refractivity contribution in [2.45, 2.75) is 95.5 Å². The molecule has 1 aromatic carbocycles. The molecule has 1 aromatic heterocycles. The lowest BCUT2D eigenvalue weighted by molar-refractivity contribution is -0.136. The maximum absolute atomic E-state index is 13.9. The highest BCUT2D eigenvalue weighted by Crippen LogP contribution is 2.39.